The third kappa shape index (κ3) is 6.29. The van der Waals surface area contributed by atoms with Gasteiger partial charge in [-0.15, -0.1) is 12.4 Å². The van der Waals surface area contributed by atoms with Gasteiger partial charge in [0, 0.05) is 35.3 Å². The molecule has 0 aliphatic rings. The fourth-order valence-electron chi connectivity index (χ4n) is 2.98. The maximum Gasteiger partial charge on any atom is 0.166 e. The molecule has 4 nitrogen and oxygen atoms in total. The van der Waals surface area contributed by atoms with Gasteiger partial charge in [0.15, 0.2) is 11.5 Å². The van der Waals surface area contributed by atoms with Crippen LogP contribution in [-0.2, 0) is 19.7 Å². The Bertz CT molecular complexity index is 904. The van der Waals surface area contributed by atoms with E-state index in [0.29, 0.717) is 36.2 Å². The smallest absolute Gasteiger partial charge is 0.166 e. The van der Waals surface area contributed by atoms with Crippen LogP contribution in [0.15, 0.2) is 66.7 Å². The zero-order valence-electron chi connectivity index (χ0n) is 16.5. The number of halogens is 2. The molecule has 0 spiro atoms. The van der Waals surface area contributed by atoms with Gasteiger partial charge in [-0.05, 0) is 17.7 Å². The maximum absolute atomic E-state index is 6.28. The van der Waals surface area contributed by atoms with Crippen LogP contribution in [0.3, 0.4) is 0 Å². The predicted molar refractivity (Wildman–Crippen MR) is 120 cm³/mol. The van der Waals surface area contributed by atoms with Crippen LogP contribution in [0.2, 0.25) is 5.02 Å². The number of rotatable bonds is 9. The van der Waals surface area contributed by atoms with E-state index >= 15 is 0 Å². The van der Waals surface area contributed by atoms with Gasteiger partial charge in [-0.2, -0.15) is 0 Å². The Balaban J connectivity index is 0.00000300. The second kappa shape index (κ2) is 11.6. The first-order valence-electron chi connectivity index (χ1n) is 9.07. The summed E-state index contributed by atoms with van der Waals surface area (Å²) in [6.07, 6.45) is 0. The van der Waals surface area contributed by atoms with Crippen LogP contribution in [0.25, 0.3) is 0 Å². The van der Waals surface area contributed by atoms with E-state index in [-0.39, 0.29) is 12.4 Å². The van der Waals surface area contributed by atoms with Crippen LogP contribution in [0.5, 0.6) is 17.2 Å². The first kappa shape index (κ1) is 22.9. The molecule has 3 aromatic carbocycles. The van der Waals surface area contributed by atoms with Gasteiger partial charge in [-0.25, -0.2) is 0 Å². The van der Waals surface area contributed by atoms with Crippen LogP contribution in [-0.4, -0.2) is 14.2 Å². The summed E-state index contributed by atoms with van der Waals surface area (Å²) in [6.45, 7) is 1.70. The van der Waals surface area contributed by atoms with E-state index in [0.717, 1.165) is 22.4 Å². The quantitative estimate of drug-likeness (QED) is 0.473. The van der Waals surface area contributed by atoms with Crippen molar-refractivity contribution in [1.29, 1.82) is 0 Å². The number of hydrogen-bond donors (Lipinski definition) is 1. The van der Waals surface area contributed by atoms with Crippen LogP contribution in [0.4, 0.5) is 0 Å². The van der Waals surface area contributed by atoms with Crippen LogP contribution < -0.4 is 19.5 Å². The van der Waals surface area contributed by atoms with Gasteiger partial charge in [0.1, 0.15) is 12.4 Å². The summed E-state index contributed by atoms with van der Waals surface area (Å²) in [5, 5.41) is 4.04. The summed E-state index contributed by atoms with van der Waals surface area (Å²) in [5.41, 5.74) is 3.12. The van der Waals surface area contributed by atoms with Crippen molar-refractivity contribution in [2.75, 3.05) is 14.2 Å². The third-order valence-electron chi connectivity index (χ3n) is 4.37. The SMILES string of the molecule is COc1ccccc1CNCc1cc(Cl)cc(OC)c1OCc1ccccc1.Cl. The molecule has 29 heavy (non-hydrogen) atoms. The fourth-order valence-corrected chi connectivity index (χ4v) is 3.21. The third-order valence-corrected chi connectivity index (χ3v) is 4.58. The molecule has 0 radical (unpaired) electrons. The van der Waals surface area contributed by atoms with Crippen molar-refractivity contribution in [1.82, 2.24) is 5.32 Å². The minimum Gasteiger partial charge on any atom is -0.496 e. The zero-order valence-corrected chi connectivity index (χ0v) is 18.1. The lowest BCUT2D eigenvalue weighted by molar-refractivity contribution is 0.280. The van der Waals surface area contributed by atoms with Crippen molar-refractivity contribution >= 4 is 24.0 Å². The Morgan fingerprint density at radius 1 is 0.793 bits per heavy atom. The van der Waals surface area contributed by atoms with Gasteiger partial charge >= 0.3 is 0 Å². The molecule has 154 valence electrons. The molecule has 1 N–H and O–H groups in total. The summed E-state index contributed by atoms with van der Waals surface area (Å²) < 4.78 is 17.0. The molecule has 0 saturated heterocycles. The summed E-state index contributed by atoms with van der Waals surface area (Å²) >= 11 is 6.28. The highest BCUT2D eigenvalue weighted by atomic mass is 35.5. The van der Waals surface area contributed by atoms with Crippen molar-refractivity contribution in [2.24, 2.45) is 0 Å². The van der Waals surface area contributed by atoms with Gasteiger partial charge < -0.3 is 19.5 Å². The minimum atomic E-state index is 0. The molecular weight excluding hydrogens is 409 g/mol. The summed E-state index contributed by atoms with van der Waals surface area (Å²) in [4.78, 5) is 0. The van der Waals surface area contributed by atoms with Gasteiger partial charge in [-0.1, -0.05) is 60.1 Å². The van der Waals surface area contributed by atoms with Crippen molar-refractivity contribution in [3.8, 4) is 17.2 Å². The topological polar surface area (TPSA) is 39.7 Å². The standard InChI is InChI=1S/C23H24ClNO3.ClH/c1-26-21-11-7-6-10-18(21)14-25-15-19-12-20(24)13-22(27-2)23(19)28-16-17-8-4-3-5-9-17;/h3-13,25H,14-16H2,1-2H3;1H. The highest BCUT2D eigenvalue weighted by Gasteiger charge is 2.13. The fraction of sp³-hybridized carbons (Fsp3) is 0.217. The minimum absolute atomic E-state index is 0. The van der Waals surface area contributed by atoms with Crippen LogP contribution in [0.1, 0.15) is 16.7 Å². The Hall–Kier alpha value is -2.40. The van der Waals surface area contributed by atoms with E-state index in [1.807, 2.05) is 60.7 Å². The molecule has 0 amide bonds. The van der Waals surface area contributed by atoms with Gasteiger partial charge in [-0.3, -0.25) is 0 Å². The van der Waals surface area contributed by atoms with E-state index < -0.39 is 0 Å². The molecule has 3 aromatic rings. The molecular formula is C23H25Cl2NO3. The second-order valence-corrected chi connectivity index (χ2v) is 6.72. The Morgan fingerprint density at radius 2 is 1.45 bits per heavy atom. The second-order valence-electron chi connectivity index (χ2n) is 6.29. The zero-order chi connectivity index (χ0) is 19.8. The lowest BCUT2D eigenvalue weighted by atomic mass is 10.1. The maximum atomic E-state index is 6.28. The monoisotopic (exact) mass is 433 g/mol. The lowest BCUT2D eigenvalue weighted by Crippen LogP contribution is -2.14. The number of methoxy groups -OCH3 is 2. The van der Waals surface area contributed by atoms with E-state index in [2.05, 4.69) is 5.32 Å². The average Bonchev–Trinajstić information content (AvgIpc) is 2.73. The van der Waals surface area contributed by atoms with E-state index in [4.69, 9.17) is 25.8 Å². The Labute approximate surface area is 183 Å². The van der Waals surface area contributed by atoms with Crippen LogP contribution >= 0.6 is 24.0 Å². The first-order valence-corrected chi connectivity index (χ1v) is 9.44. The predicted octanol–water partition coefficient (Wildman–Crippen LogP) is 5.65. The molecule has 0 atom stereocenters. The number of nitrogens with one attached hydrogen (secondary N) is 1. The first-order chi connectivity index (χ1) is 13.7. The van der Waals surface area contributed by atoms with E-state index in [1.54, 1.807) is 20.3 Å². The van der Waals surface area contributed by atoms with Crippen molar-refractivity contribution in [2.45, 2.75) is 19.7 Å². The lowest BCUT2D eigenvalue weighted by Gasteiger charge is -2.17. The summed E-state index contributed by atoms with van der Waals surface area (Å²) in [5.74, 6) is 2.18. The average molecular weight is 434 g/mol. The molecule has 0 heterocycles. The number of ether oxygens (including phenoxy) is 3. The summed E-state index contributed by atoms with van der Waals surface area (Å²) in [6, 6.07) is 21.6. The Morgan fingerprint density at radius 3 is 2.17 bits per heavy atom. The van der Waals surface area contributed by atoms with Gasteiger partial charge in [0.05, 0.1) is 14.2 Å². The van der Waals surface area contributed by atoms with Crippen molar-refractivity contribution in [3.05, 3.63) is 88.4 Å². The van der Waals surface area contributed by atoms with E-state index in [1.165, 1.54) is 0 Å². The summed E-state index contributed by atoms with van der Waals surface area (Å²) in [7, 11) is 3.29. The highest BCUT2D eigenvalue weighted by Crippen LogP contribution is 2.35. The molecule has 3 rings (SSSR count). The molecule has 0 bridgehead atoms. The number of para-hydroxylation sites is 1. The number of hydrogen-bond acceptors (Lipinski definition) is 4. The van der Waals surface area contributed by atoms with Crippen molar-refractivity contribution < 1.29 is 14.2 Å². The highest BCUT2D eigenvalue weighted by molar-refractivity contribution is 6.30. The normalized spacial score (nSPS) is 10.2. The molecule has 0 saturated carbocycles. The van der Waals surface area contributed by atoms with Crippen LogP contribution in [0, 0.1) is 0 Å². The molecule has 0 aliphatic heterocycles. The molecule has 0 aliphatic carbocycles. The molecule has 0 aromatic heterocycles. The van der Waals surface area contributed by atoms with Crippen molar-refractivity contribution in [3.63, 3.8) is 0 Å². The molecule has 0 fully saturated rings. The molecule has 0 unspecified atom stereocenters. The van der Waals surface area contributed by atoms with E-state index in [9.17, 15) is 0 Å². The molecule has 6 heteroatoms. The van der Waals surface area contributed by atoms with Gasteiger partial charge in [0.25, 0.3) is 0 Å². The van der Waals surface area contributed by atoms with Gasteiger partial charge in [0.2, 0.25) is 0 Å². The largest absolute Gasteiger partial charge is 0.496 e. The Kier molecular flexibility index (Phi) is 9.13. The number of benzene rings is 3.